The van der Waals surface area contributed by atoms with Crippen LogP contribution < -0.4 is 4.90 Å². The normalized spacial score (nSPS) is 16.8. The number of nitrogens with zero attached hydrogens (tertiary/aromatic N) is 2. The monoisotopic (exact) mass is 366 g/mol. The molecule has 0 N–H and O–H groups in total. The van der Waals surface area contributed by atoms with Crippen molar-refractivity contribution in [2.45, 2.75) is 45.4 Å². The first-order chi connectivity index (χ1) is 13.1. The van der Waals surface area contributed by atoms with Crippen LogP contribution in [0.5, 0.6) is 0 Å². The molecule has 1 atom stereocenters. The fraction of sp³-hybridized carbons (Fsp3) is 0.435. The van der Waals surface area contributed by atoms with Crippen molar-refractivity contribution in [3.63, 3.8) is 0 Å². The van der Waals surface area contributed by atoms with E-state index >= 15 is 0 Å². The number of rotatable bonds is 8. The Kier molecular flexibility index (Phi) is 7.02. The number of carbonyl (C=O) groups is 1. The van der Waals surface area contributed by atoms with Gasteiger partial charge in [0.15, 0.2) is 0 Å². The van der Waals surface area contributed by atoms with Gasteiger partial charge in [0.05, 0.1) is 12.6 Å². The first-order valence-corrected chi connectivity index (χ1v) is 9.88. The van der Waals surface area contributed by atoms with Crippen molar-refractivity contribution < 1.29 is 9.53 Å². The third-order valence-electron chi connectivity index (χ3n) is 4.91. The van der Waals surface area contributed by atoms with Crippen LogP contribution in [0.3, 0.4) is 0 Å². The Morgan fingerprint density at radius 2 is 1.74 bits per heavy atom. The minimum atomic E-state index is 0.112. The van der Waals surface area contributed by atoms with Crippen molar-refractivity contribution in [1.82, 2.24) is 4.90 Å². The van der Waals surface area contributed by atoms with Gasteiger partial charge in [0, 0.05) is 31.4 Å². The molecule has 0 aromatic heterocycles. The Hall–Kier alpha value is -2.17. The van der Waals surface area contributed by atoms with E-state index in [-0.39, 0.29) is 18.1 Å². The van der Waals surface area contributed by atoms with Gasteiger partial charge in [0.1, 0.15) is 0 Å². The van der Waals surface area contributed by atoms with Gasteiger partial charge in [-0.25, -0.2) is 0 Å². The van der Waals surface area contributed by atoms with Crippen molar-refractivity contribution in [1.29, 1.82) is 0 Å². The van der Waals surface area contributed by atoms with Crippen LogP contribution in [0, 0.1) is 0 Å². The lowest BCUT2D eigenvalue weighted by atomic mass is 10.1. The Morgan fingerprint density at radius 1 is 1.07 bits per heavy atom. The summed E-state index contributed by atoms with van der Waals surface area (Å²) < 4.78 is 5.83. The maximum Gasteiger partial charge on any atom is 0.241 e. The highest BCUT2D eigenvalue weighted by molar-refractivity contribution is 5.95. The van der Waals surface area contributed by atoms with Crippen molar-refractivity contribution in [3.8, 4) is 0 Å². The molecule has 0 saturated carbocycles. The van der Waals surface area contributed by atoms with E-state index in [0.717, 1.165) is 38.2 Å². The Morgan fingerprint density at radius 3 is 2.33 bits per heavy atom. The van der Waals surface area contributed by atoms with E-state index in [1.807, 2.05) is 53.4 Å². The maximum absolute atomic E-state index is 13.2. The van der Waals surface area contributed by atoms with Crippen molar-refractivity contribution in [3.05, 3.63) is 66.2 Å². The van der Waals surface area contributed by atoms with Gasteiger partial charge < -0.3 is 9.64 Å². The summed E-state index contributed by atoms with van der Waals surface area (Å²) >= 11 is 0. The zero-order valence-corrected chi connectivity index (χ0v) is 16.4. The molecule has 1 aliphatic rings. The summed E-state index contributed by atoms with van der Waals surface area (Å²) in [5, 5.41) is 0. The first kappa shape index (κ1) is 19.6. The van der Waals surface area contributed by atoms with Crippen molar-refractivity contribution in [2.24, 2.45) is 0 Å². The first-order valence-electron chi connectivity index (χ1n) is 9.88. The van der Waals surface area contributed by atoms with Gasteiger partial charge >= 0.3 is 0 Å². The molecule has 144 valence electrons. The van der Waals surface area contributed by atoms with Gasteiger partial charge in [0.25, 0.3) is 0 Å². The molecular formula is C23H30N2O2. The average Bonchev–Trinajstić information content (AvgIpc) is 3.16. The standard InChI is InChI=1S/C23H30N2O2/c1-19(2)25(21-12-7-4-8-13-21)23(26)18-24(17-22-14-9-15-27-22)16-20-10-5-3-6-11-20/h3-8,10-13,19,22H,9,14-18H2,1-2H3. The van der Waals surface area contributed by atoms with Gasteiger partial charge in [-0.2, -0.15) is 0 Å². The summed E-state index contributed by atoms with van der Waals surface area (Å²) in [5.41, 5.74) is 2.17. The Balaban J connectivity index is 1.73. The molecule has 1 fully saturated rings. The van der Waals surface area contributed by atoms with Crippen LogP contribution in [0.15, 0.2) is 60.7 Å². The summed E-state index contributed by atoms with van der Waals surface area (Å²) in [6, 6.07) is 20.4. The minimum Gasteiger partial charge on any atom is -0.377 e. The van der Waals surface area contributed by atoms with E-state index in [1.54, 1.807) is 0 Å². The van der Waals surface area contributed by atoms with Crippen molar-refractivity contribution in [2.75, 3.05) is 24.6 Å². The van der Waals surface area contributed by atoms with Gasteiger partial charge in [-0.15, -0.1) is 0 Å². The van der Waals surface area contributed by atoms with Crippen LogP contribution in [-0.4, -0.2) is 42.6 Å². The van der Waals surface area contributed by atoms with E-state index in [9.17, 15) is 4.79 Å². The summed E-state index contributed by atoms with van der Waals surface area (Å²) in [4.78, 5) is 17.3. The Labute approximate surface area is 162 Å². The lowest BCUT2D eigenvalue weighted by Crippen LogP contribution is -2.45. The number of hydrogen-bond acceptors (Lipinski definition) is 3. The summed E-state index contributed by atoms with van der Waals surface area (Å²) in [5.74, 6) is 0.130. The molecule has 1 aliphatic heterocycles. The Bertz CT molecular complexity index is 697. The molecule has 0 bridgehead atoms. The molecule has 0 radical (unpaired) electrons. The molecule has 3 rings (SSSR count). The lowest BCUT2D eigenvalue weighted by Gasteiger charge is -2.31. The maximum atomic E-state index is 13.2. The largest absolute Gasteiger partial charge is 0.377 e. The molecule has 1 saturated heterocycles. The molecule has 2 aromatic carbocycles. The van der Waals surface area contributed by atoms with E-state index in [0.29, 0.717) is 6.54 Å². The highest BCUT2D eigenvalue weighted by Crippen LogP contribution is 2.19. The van der Waals surface area contributed by atoms with Crippen LogP contribution >= 0.6 is 0 Å². The fourth-order valence-corrected chi connectivity index (χ4v) is 3.69. The van der Waals surface area contributed by atoms with E-state index in [2.05, 4.69) is 30.9 Å². The number of anilines is 1. The molecule has 0 spiro atoms. The van der Waals surface area contributed by atoms with Crippen LogP contribution in [0.4, 0.5) is 5.69 Å². The highest BCUT2D eigenvalue weighted by atomic mass is 16.5. The van der Waals surface area contributed by atoms with E-state index < -0.39 is 0 Å². The molecule has 4 heteroatoms. The summed E-state index contributed by atoms with van der Waals surface area (Å²) in [6.07, 6.45) is 2.41. The number of ether oxygens (including phenoxy) is 1. The van der Waals surface area contributed by atoms with E-state index in [4.69, 9.17) is 4.74 Å². The molecule has 1 amide bonds. The van der Waals surface area contributed by atoms with Crippen LogP contribution in [0.1, 0.15) is 32.3 Å². The van der Waals surface area contributed by atoms with Crippen LogP contribution in [0.25, 0.3) is 0 Å². The topological polar surface area (TPSA) is 32.8 Å². The number of amides is 1. The number of benzene rings is 2. The SMILES string of the molecule is CC(C)N(C(=O)CN(Cc1ccccc1)CC1CCCO1)c1ccccc1. The van der Waals surface area contributed by atoms with Crippen LogP contribution in [-0.2, 0) is 16.1 Å². The minimum absolute atomic E-state index is 0.112. The zero-order chi connectivity index (χ0) is 19.1. The van der Waals surface area contributed by atoms with Gasteiger partial charge in [-0.05, 0) is 44.4 Å². The number of carbonyl (C=O) groups excluding carboxylic acids is 1. The molecule has 27 heavy (non-hydrogen) atoms. The lowest BCUT2D eigenvalue weighted by molar-refractivity contribution is -0.120. The average molecular weight is 367 g/mol. The second-order valence-electron chi connectivity index (χ2n) is 7.48. The second kappa shape index (κ2) is 9.67. The zero-order valence-electron chi connectivity index (χ0n) is 16.4. The molecular weight excluding hydrogens is 336 g/mol. The molecule has 2 aromatic rings. The molecule has 4 nitrogen and oxygen atoms in total. The van der Waals surface area contributed by atoms with E-state index in [1.165, 1.54) is 5.56 Å². The fourth-order valence-electron chi connectivity index (χ4n) is 3.69. The van der Waals surface area contributed by atoms with Crippen molar-refractivity contribution >= 4 is 11.6 Å². The molecule has 1 heterocycles. The molecule has 0 aliphatic carbocycles. The molecule has 1 unspecified atom stereocenters. The quantitative estimate of drug-likeness (QED) is 0.705. The van der Waals surface area contributed by atoms with Gasteiger partial charge in [-0.3, -0.25) is 9.69 Å². The summed E-state index contributed by atoms with van der Waals surface area (Å²) in [6.45, 7) is 6.90. The predicted octanol–water partition coefficient (Wildman–Crippen LogP) is 4.11. The smallest absolute Gasteiger partial charge is 0.241 e. The third-order valence-corrected chi connectivity index (χ3v) is 4.91. The third kappa shape index (κ3) is 5.65. The number of para-hydroxylation sites is 1. The summed E-state index contributed by atoms with van der Waals surface area (Å²) in [7, 11) is 0. The predicted molar refractivity (Wildman–Crippen MR) is 110 cm³/mol. The van der Waals surface area contributed by atoms with Gasteiger partial charge in [-0.1, -0.05) is 48.5 Å². The van der Waals surface area contributed by atoms with Gasteiger partial charge in [0.2, 0.25) is 5.91 Å². The second-order valence-corrected chi connectivity index (χ2v) is 7.48. The highest BCUT2D eigenvalue weighted by Gasteiger charge is 2.25. The van der Waals surface area contributed by atoms with Crippen LogP contribution in [0.2, 0.25) is 0 Å². The number of hydrogen-bond donors (Lipinski definition) is 0.